The van der Waals surface area contributed by atoms with Gasteiger partial charge >= 0.3 is 0 Å². The Morgan fingerprint density at radius 2 is 1.85 bits per heavy atom. The van der Waals surface area contributed by atoms with Crippen molar-refractivity contribution in [2.24, 2.45) is 4.99 Å². The molecule has 33 heavy (non-hydrogen) atoms. The summed E-state index contributed by atoms with van der Waals surface area (Å²) in [6, 6.07) is 16.3. The Kier molecular flexibility index (Phi) is 8.07. The molecule has 0 saturated carbocycles. The number of hydrogen-bond acceptors (Lipinski definition) is 6. The number of ether oxygens (including phenoxy) is 2. The molecule has 2 aromatic carbocycles. The van der Waals surface area contributed by atoms with E-state index in [2.05, 4.69) is 46.0 Å². The molecule has 0 bridgehead atoms. The number of rotatable bonds is 8. The predicted molar refractivity (Wildman–Crippen MR) is 135 cm³/mol. The number of hydrogen-bond donors (Lipinski definition) is 0. The summed E-state index contributed by atoms with van der Waals surface area (Å²) in [5, 5.41) is 0.803. The van der Waals surface area contributed by atoms with E-state index >= 15 is 0 Å². The predicted octanol–water partition coefficient (Wildman–Crippen LogP) is 4.66. The second kappa shape index (κ2) is 11.4. The molecule has 0 radical (unpaired) electrons. The minimum absolute atomic E-state index is 0.177. The molecule has 174 valence electrons. The van der Waals surface area contributed by atoms with Gasteiger partial charge in [0.25, 0.3) is 5.91 Å². The van der Waals surface area contributed by atoms with Crippen molar-refractivity contribution >= 4 is 28.9 Å². The topological polar surface area (TPSA) is 54.4 Å². The number of benzene rings is 2. The zero-order chi connectivity index (χ0) is 23.0. The average molecular weight is 466 g/mol. The Hall–Kier alpha value is -2.77. The Labute approximate surface area is 200 Å². The average Bonchev–Trinajstić information content (AvgIpc) is 3.21. The SMILES string of the molecule is CCCCOc1ccc(/C=C2\SC(N3CCN(Cc4ccccc4)CC3)=NC2=O)cc1OC. The van der Waals surface area contributed by atoms with E-state index in [1.54, 1.807) is 7.11 Å². The molecular weight excluding hydrogens is 434 g/mol. The van der Waals surface area contributed by atoms with Crippen LogP contribution in [0.3, 0.4) is 0 Å². The van der Waals surface area contributed by atoms with Crippen molar-refractivity contribution in [3.05, 3.63) is 64.6 Å². The van der Waals surface area contributed by atoms with Gasteiger partial charge in [-0.05, 0) is 47.5 Å². The largest absolute Gasteiger partial charge is 0.493 e. The molecule has 7 heteroatoms. The molecule has 2 heterocycles. The highest BCUT2D eigenvalue weighted by Gasteiger charge is 2.28. The third-order valence-electron chi connectivity index (χ3n) is 5.74. The lowest BCUT2D eigenvalue weighted by Crippen LogP contribution is -2.47. The highest BCUT2D eigenvalue weighted by molar-refractivity contribution is 8.18. The normalized spacial score (nSPS) is 18.0. The lowest BCUT2D eigenvalue weighted by molar-refractivity contribution is -0.113. The van der Waals surface area contributed by atoms with E-state index in [1.807, 2.05) is 30.3 Å². The summed E-state index contributed by atoms with van der Waals surface area (Å²) in [4.78, 5) is 22.2. The molecule has 2 aliphatic rings. The lowest BCUT2D eigenvalue weighted by atomic mass is 10.2. The lowest BCUT2D eigenvalue weighted by Gasteiger charge is -2.35. The van der Waals surface area contributed by atoms with Crippen LogP contribution in [-0.4, -0.2) is 60.8 Å². The van der Waals surface area contributed by atoms with Gasteiger partial charge in [-0.2, -0.15) is 4.99 Å². The third-order valence-corrected chi connectivity index (χ3v) is 6.79. The maximum Gasteiger partial charge on any atom is 0.286 e. The maximum absolute atomic E-state index is 12.6. The van der Waals surface area contributed by atoms with Crippen LogP contribution in [0.4, 0.5) is 0 Å². The Morgan fingerprint density at radius 3 is 2.58 bits per heavy atom. The van der Waals surface area contributed by atoms with Crippen LogP contribution in [0.25, 0.3) is 6.08 Å². The van der Waals surface area contributed by atoms with Crippen molar-refractivity contribution < 1.29 is 14.3 Å². The number of piperazine rings is 1. The van der Waals surface area contributed by atoms with Crippen LogP contribution in [-0.2, 0) is 11.3 Å². The molecule has 0 atom stereocenters. The van der Waals surface area contributed by atoms with Gasteiger partial charge < -0.3 is 14.4 Å². The standard InChI is InChI=1S/C26H31N3O3S/c1-3-4-16-32-22-11-10-21(17-23(22)31-2)18-24-25(30)27-26(33-24)29-14-12-28(13-15-29)19-20-8-6-5-7-9-20/h5-11,17-18H,3-4,12-16,19H2,1-2H3/b24-18-. The highest BCUT2D eigenvalue weighted by atomic mass is 32.2. The summed E-state index contributed by atoms with van der Waals surface area (Å²) in [6.45, 7) is 7.41. The molecule has 0 aliphatic carbocycles. The molecule has 6 nitrogen and oxygen atoms in total. The van der Waals surface area contributed by atoms with Gasteiger partial charge in [-0.1, -0.05) is 49.7 Å². The number of carbonyl (C=O) groups is 1. The van der Waals surface area contributed by atoms with Crippen LogP contribution in [0.5, 0.6) is 11.5 Å². The summed E-state index contributed by atoms with van der Waals surface area (Å²) >= 11 is 1.46. The number of amidine groups is 1. The number of thioether (sulfide) groups is 1. The number of methoxy groups -OCH3 is 1. The van der Waals surface area contributed by atoms with Crippen LogP contribution in [0, 0.1) is 0 Å². The first-order valence-electron chi connectivity index (χ1n) is 11.5. The summed E-state index contributed by atoms with van der Waals surface area (Å²) in [6.07, 6.45) is 3.96. The summed E-state index contributed by atoms with van der Waals surface area (Å²) in [5.41, 5.74) is 2.23. The second-order valence-corrected chi connectivity index (χ2v) is 9.18. The number of amides is 1. The third kappa shape index (κ3) is 6.18. The van der Waals surface area contributed by atoms with E-state index in [9.17, 15) is 4.79 Å². The number of aliphatic imine (C=N–C) groups is 1. The summed E-state index contributed by atoms with van der Waals surface area (Å²) < 4.78 is 11.3. The van der Waals surface area contributed by atoms with Crippen molar-refractivity contribution in [3.63, 3.8) is 0 Å². The highest BCUT2D eigenvalue weighted by Crippen LogP contribution is 2.33. The smallest absolute Gasteiger partial charge is 0.286 e. The van der Waals surface area contributed by atoms with E-state index in [4.69, 9.17) is 9.47 Å². The van der Waals surface area contributed by atoms with Crippen LogP contribution in [0.15, 0.2) is 58.4 Å². The molecule has 2 aromatic rings. The quantitative estimate of drug-likeness (QED) is 0.417. The fraction of sp³-hybridized carbons (Fsp3) is 0.385. The zero-order valence-electron chi connectivity index (χ0n) is 19.3. The van der Waals surface area contributed by atoms with E-state index in [0.29, 0.717) is 17.3 Å². The van der Waals surface area contributed by atoms with Crippen LogP contribution < -0.4 is 9.47 Å². The zero-order valence-corrected chi connectivity index (χ0v) is 20.1. The second-order valence-electron chi connectivity index (χ2n) is 8.17. The van der Waals surface area contributed by atoms with E-state index in [1.165, 1.54) is 17.3 Å². The van der Waals surface area contributed by atoms with E-state index < -0.39 is 0 Å². The van der Waals surface area contributed by atoms with E-state index in [0.717, 1.165) is 62.0 Å². The molecular formula is C26H31N3O3S. The van der Waals surface area contributed by atoms with Crippen molar-refractivity contribution in [3.8, 4) is 11.5 Å². The van der Waals surface area contributed by atoms with Crippen molar-refractivity contribution in [2.75, 3.05) is 39.9 Å². The van der Waals surface area contributed by atoms with Gasteiger partial charge in [-0.25, -0.2) is 0 Å². The maximum atomic E-state index is 12.6. The van der Waals surface area contributed by atoms with Crippen LogP contribution >= 0.6 is 11.8 Å². The van der Waals surface area contributed by atoms with Crippen LogP contribution in [0.2, 0.25) is 0 Å². The molecule has 1 amide bonds. The molecule has 1 fully saturated rings. The van der Waals surface area contributed by atoms with Gasteiger partial charge in [0.2, 0.25) is 0 Å². The van der Waals surface area contributed by atoms with Gasteiger partial charge in [0.05, 0.1) is 18.6 Å². The summed E-state index contributed by atoms with van der Waals surface area (Å²) in [7, 11) is 1.63. The fourth-order valence-corrected chi connectivity index (χ4v) is 4.81. The van der Waals surface area contributed by atoms with Crippen molar-refractivity contribution in [2.45, 2.75) is 26.3 Å². The van der Waals surface area contributed by atoms with Crippen molar-refractivity contribution in [1.29, 1.82) is 0 Å². The van der Waals surface area contributed by atoms with Gasteiger partial charge in [0.15, 0.2) is 16.7 Å². The van der Waals surface area contributed by atoms with Gasteiger partial charge in [-0.15, -0.1) is 0 Å². The minimum atomic E-state index is -0.177. The number of nitrogens with zero attached hydrogens (tertiary/aromatic N) is 3. The molecule has 0 spiro atoms. The molecule has 0 N–H and O–H groups in total. The first kappa shape index (κ1) is 23.4. The Morgan fingerprint density at radius 1 is 1.06 bits per heavy atom. The molecule has 0 unspecified atom stereocenters. The minimum Gasteiger partial charge on any atom is -0.493 e. The van der Waals surface area contributed by atoms with Crippen molar-refractivity contribution in [1.82, 2.24) is 9.80 Å². The first-order chi connectivity index (χ1) is 16.2. The molecule has 2 aliphatic heterocycles. The van der Waals surface area contributed by atoms with Gasteiger partial charge in [0, 0.05) is 32.7 Å². The van der Waals surface area contributed by atoms with Crippen LogP contribution in [0.1, 0.15) is 30.9 Å². The number of carbonyl (C=O) groups excluding carboxylic acids is 1. The van der Waals surface area contributed by atoms with E-state index in [-0.39, 0.29) is 5.91 Å². The first-order valence-corrected chi connectivity index (χ1v) is 12.3. The number of unbranched alkanes of at least 4 members (excludes halogenated alkanes) is 1. The fourth-order valence-electron chi connectivity index (χ4n) is 3.84. The Balaban J connectivity index is 1.34. The van der Waals surface area contributed by atoms with Gasteiger partial charge in [-0.3, -0.25) is 9.69 Å². The molecule has 4 rings (SSSR count). The monoisotopic (exact) mass is 465 g/mol. The molecule has 0 aromatic heterocycles. The van der Waals surface area contributed by atoms with Gasteiger partial charge in [0.1, 0.15) is 0 Å². The molecule has 1 saturated heterocycles. The Bertz CT molecular complexity index is 1010. The summed E-state index contributed by atoms with van der Waals surface area (Å²) in [5.74, 6) is 1.22.